The lowest BCUT2D eigenvalue weighted by Gasteiger charge is -2.11. The van der Waals surface area contributed by atoms with Crippen LogP contribution in [-0.4, -0.2) is 22.2 Å². The number of hydrogen-bond donors (Lipinski definition) is 3. The number of halogens is 1. The zero-order chi connectivity index (χ0) is 10.0. The molecule has 4 N–H and O–H groups in total. The van der Waals surface area contributed by atoms with Gasteiger partial charge in [-0.2, -0.15) is 0 Å². The van der Waals surface area contributed by atoms with E-state index in [4.69, 9.17) is 15.3 Å². The average Bonchev–Trinajstić information content (AvgIpc) is 2.49. The van der Waals surface area contributed by atoms with E-state index in [0.29, 0.717) is 4.47 Å². The Hall–Kier alpha value is -0.850. The second-order valence-corrected chi connectivity index (χ2v) is 3.39. The maximum Gasteiger partial charge on any atom is 0.323 e. The first-order valence-corrected chi connectivity index (χ1v) is 4.22. The number of carbonyl (C=O) groups is 1. The first kappa shape index (κ1) is 10.2. The van der Waals surface area contributed by atoms with Gasteiger partial charge in [0.1, 0.15) is 24.2 Å². The van der Waals surface area contributed by atoms with Crippen LogP contribution < -0.4 is 5.73 Å². The summed E-state index contributed by atoms with van der Waals surface area (Å²) >= 11 is 3.09. The summed E-state index contributed by atoms with van der Waals surface area (Å²) in [7, 11) is 0. The van der Waals surface area contributed by atoms with Gasteiger partial charge in [-0.25, -0.2) is 0 Å². The number of aliphatic carboxylic acids is 1. The van der Waals surface area contributed by atoms with Crippen LogP contribution in [0, 0.1) is 0 Å². The molecule has 0 saturated carbocycles. The smallest absolute Gasteiger partial charge is 0.323 e. The van der Waals surface area contributed by atoms with Crippen LogP contribution in [0.3, 0.4) is 0 Å². The minimum atomic E-state index is -1.38. The van der Waals surface area contributed by atoms with Gasteiger partial charge in [-0.15, -0.1) is 0 Å². The number of carboxylic acid groups (broad SMARTS) is 1. The van der Waals surface area contributed by atoms with Gasteiger partial charge >= 0.3 is 5.97 Å². The second kappa shape index (κ2) is 3.91. The van der Waals surface area contributed by atoms with Crippen LogP contribution in [-0.2, 0) is 4.79 Å². The summed E-state index contributed by atoms with van der Waals surface area (Å²) in [6, 6.07) is 0.0889. The molecular weight excluding hydrogens is 242 g/mol. The lowest BCUT2D eigenvalue weighted by atomic mass is 10.1. The van der Waals surface area contributed by atoms with Gasteiger partial charge in [0.2, 0.25) is 0 Å². The summed E-state index contributed by atoms with van der Waals surface area (Å²) in [5.41, 5.74) is 5.18. The van der Waals surface area contributed by atoms with Gasteiger partial charge in [0.05, 0.1) is 4.47 Å². The van der Waals surface area contributed by atoms with E-state index in [9.17, 15) is 9.90 Å². The third-order valence-corrected chi connectivity index (χ3v) is 1.92. The average molecular weight is 250 g/mol. The zero-order valence-electron chi connectivity index (χ0n) is 6.48. The first-order chi connectivity index (χ1) is 6.02. The van der Waals surface area contributed by atoms with Gasteiger partial charge in [0.15, 0.2) is 0 Å². The van der Waals surface area contributed by atoms with Crippen molar-refractivity contribution >= 4 is 21.9 Å². The van der Waals surface area contributed by atoms with E-state index in [0.717, 1.165) is 0 Å². The van der Waals surface area contributed by atoms with Crippen LogP contribution in [0.25, 0.3) is 0 Å². The maximum absolute atomic E-state index is 10.4. The quantitative estimate of drug-likeness (QED) is 0.725. The van der Waals surface area contributed by atoms with Crippen molar-refractivity contribution in [3.8, 4) is 0 Å². The van der Waals surface area contributed by atoms with Crippen LogP contribution in [0.4, 0.5) is 0 Å². The van der Waals surface area contributed by atoms with Crippen molar-refractivity contribution in [3.05, 3.63) is 22.6 Å². The van der Waals surface area contributed by atoms with E-state index in [1.165, 1.54) is 12.3 Å². The molecule has 0 aliphatic heterocycles. The van der Waals surface area contributed by atoms with Gasteiger partial charge in [-0.05, 0) is 22.0 Å². The van der Waals surface area contributed by atoms with Crippen molar-refractivity contribution < 1.29 is 19.4 Å². The molecule has 1 aromatic heterocycles. The van der Waals surface area contributed by atoms with Crippen molar-refractivity contribution in [2.45, 2.75) is 12.1 Å². The standard InChI is InChI=1S/C7H8BrNO4/c8-3-1-4(13-2-3)6(10)5(9)7(11)12/h1-2,5-6,10H,9H2,(H,11,12). The predicted molar refractivity (Wildman–Crippen MR) is 47.0 cm³/mol. The molecule has 2 unspecified atom stereocenters. The fourth-order valence-electron chi connectivity index (χ4n) is 0.795. The molecule has 2 atom stereocenters. The molecule has 1 rings (SSSR count). The minimum absolute atomic E-state index is 0.127. The Morgan fingerprint density at radius 2 is 2.31 bits per heavy atom. The fraction of sp³-hybridized carbons (Fsp3) is 0.286. The normalized spacial score (nSPS) is 15.3. The summed E-state index contributed by atoms with van der Waals surface area (Å²) in [4.78, 5) is 10.4. The molecule has 0 radical (unpaired) electrons. The minimum Gasteiger partial charge on any atom is -0.480 e. The lowest BCUT2D eigenvalue weighted by molar-refractivity contribution is -0.141. The number of carboxylic acids is 1. The van der Waals surface area contributed by atoms with E-state index < -0.39 is 18.1 Å². The molecule has 0 aliphatic rings. The van der Waals surface area contributed by atoms with Crippen LogP contribution >= 0.6 is 15.9 Å². The van der Waals surface area contributed by atoms with Crippen LogP contribution in [0.1, 0.15) is 11.9 Å². The molecule has 72 valence electrons. The highest BCUT2D eigenvalue weighted by molar-refractivity contribution is 9.10. The van der Waals surface area contributed by atoms with Crippen molar-refractivity contribution in [2.75, 3.05) is 0 Å². The summed E-state index contributed by atoms with van der Waals surface area (Å²) in [6.45, 7) is 0. The number of rotatable bonds is 3. The van der Waals surface area contributed by atoms with E-state index in [2.05, 4.69) is 15.9 Å². The molecule has 5 nitrogen and oxygen atoms in total. The molecule has 1 aromatic rings. The van der Waals surface area contributed by atoms with Crippen LogP contribution in [0.15, 0.2) is 21.2 Å². The van der Waals surface area contributed by atoms with Gasteiger partial charge in [-0.3, -0.25) is 4.79 Å². The van der Waals surface area contributed by atoms with Gasteiger partial charge in [0, 0.05) is 0 Å². The van der Waals surface area contributed by atoms with Crippen molar-refractivity contribution in [1.82, 2.24) is 0 Å². The molecule has 6 heteroatoms. The number of furan rings is 1. The Morgan fingerprint density at radius 3 is 2.69 bits per heavy atom. The van der Waals surface area contributed by atoms with E-state index in [-0.39, 0.29) is 5.76 Å². The first-order valence-electron chi connectivity index (χ1n) is 3.42. The fourth-order valence-corrected chi connectivity index (χ4v) is 1.11. The zero-order valence-corrected chi connectivity index (χ0v) is 8.06. The van der Waals surface area contributed by atoms with E-state index in [1.54, 1.807) is 0 Å². The number of nitrogens with two attached hydrogens (primary N) is 1. The predicted octanol–water partition coefficient (Wildman–Crippen LogP) is 0.487. The topological polar surface area (TPSA) is 96.7 Å². The molecule has 0 spiro atoms. The van der Waals surface area contributed by atoms with Gasteiger partial charge < -0.3 is 20.4 Å². The molecule has 1 heterocycles. The van der Waals surface area contributed by atoms with Crippen molar-refractivity contribution in [3.63, 3.8) is 0 Å². The Labute approximate surface area is 82.3 Å². The SMILES string of the molecule is NC(C(=O)O)C(O)c1cc(Br)co1. The molecule has 0 aliphatic carbocycles. The van der Waals surface area contributed by atoms with Crippen LogP contribution in [0.2, 0.25) is 0 Å². The van der Waals surface area contributed by atoms with Crippen molar-refractivity contribution in [2.24, 2.45) is 5.73 Å². The number of hydrogen-bond acceptors (Lipinski definition) is 4. The third kappa shape index (κ3) is 2.30. The Kier molecular flexibility index (Phi) is 3.07. The molecule has 13 heavy (non-hydrogen) atoms. The highest BCUT2D eigenvalue weighted by Gasteiger charge is 2.25. The summed E-state index contributed by atoms with van der Waals surface area (Å²) < 4.78 is 5.48. The summed E-state index contributed by atoms with van der Waals surface area (Å²) in [6.07, 6.45) is 0.0106. The molecule has 0 aromatic carbocycles. The van der Waals surface area contributed by atoms with Gasteiger partial charge in [0.25, 0.3) is 0 Å². The Bertz CT molecular complexity index is 311. The van der Waals surface area contributed by atoms with E-state index in [1.807, 2.05) is 0 Å². The second-order valence-electron chi connectivity index (χ2n) is 2.48. The molecule has 0 saturated heterocycles. The van der Waals surface area contributed by atoms with Crippen LogP contribution in [0.5, 0.6) is 0 Å². The molecule has 0 fully saturated rings. The Morgan fingerprint density at radius 1 is 1.69 bits per heavy atom. The Balaban J connectivity index is 2.78. The van der Waals surface area contributed by atoms with Gasteiger partial charge in [-0.1, -0.05) is 0 Å². The largest absolute Gasteiger partial charge is 0.480 e. The highest BCUT2D eigenvalue weighted by Crippen LogP contribution is 2.21. The van der Waals surface area contributed by atoms with E-state index >= 15 is 0 Å². The maximum atomic E-state index is 10.4. The molecule has 0 amide bonds. The highest BCUT2D eigenvalue weighted by atomic mass is 79.9. The monoisotopic (exact) mass is 249 g/mol. The lowest BCUT2D eigenvalue weighted by Crippen LogP contribution is -2.36. The van der Waals surface area contributed by atoms with Crippen molar-refractivity contribution in [1.29, 1.82) is 0 Å². The third-order valence-electron chi connectivity index (χ3n) is 1.50. The molecule has 0 bridgehead atoms. The molecular formula is C7H8BrNO4. The number of aliphatic hydroxyl groups is 1. The summed E-state index contributed by atoms with van der Waals surface area (Å²) in [5, 5.41) is 17.8. The number of aliphatic hydroxyl groups excluding tert-OH is 1. The summed E-state index contributed by atoms with van der Waals surface area (Å²) in [5.74, 6) is -1.15.